The van der Waals surface area contributed by atoms with Gasteiger partial charge in [0.05, 0.1) is 4.47 Å². The van der Waals surface area contributed by atoms with Crippen molar-refractivity contribution in [2.45, 2.75) is 25.8 Å². The zero-order chi connectivity index (χ0) is 12.3. The fraction of sp³-hybridized carbons (Fsp3) is 0.333. The van der Waals surface area contributed by atoms with Crippen molar-refractivity contribution in [1.29, 1.82) is 0 Å². The predicted molar refractivity (Wildman–Crippen MR) is 65.0 cm³/mol. The van der Waals surface area contributed by atoms with Crippen LogP contribution in [0, 0.1) is 11.6 Å². The van der Waals surface area contributed by atoms with Gasteiger partial charge in [-0.25, -0.2) is 8.78 Å². The zero-order valence-corrected chi connectivity index (χ0v) is 10.7. The van der Waals surface area contributed by atoms with Crippen LogP contribution in [-0.4, -0.2) is 0 Å². The predicted octanol–water partition coefficient (Wildman–Crippen LogP) is 4.08. The van der Waals surface area contributed by atoms with Gasteiger partial charge in [-0.15, -0.1) is 0 Å². The van der Waals surface area contributed by atoms with E-state index in [4.69, 9.17) is 5.73 Å². The molecule has 0 saturated carbocycles. The first-order valence-corrected chi connectivity index (χ1v) is 5.82. The third kappa shape index (κ3) is 2.89. The van der Waals surface area contributed by atoms with Crippen LogP contribution in [0.15, 0.2) is 28.8 Å². The lowest BCUT2D eigenvalue weighted by molar-refractivity contribution is 0.499. The van der Waals surface area contributed by atoms with Gasteiger partial charge in [-0.1, -0.05) is 25.1 Å². The molecule has 1 nitrogen and oxygen atoms in total. The summed E-state index contributed by atoms with van der Waals surface area (Å²) < 4.78 is 26.3. The number of hydrogen-bond acceptors (Lipinski definition) is 1. The Hall–Kier alpha value is -0.740. The summed E-state index contributed by atoms with van der Waals surface area (Å²) in [5.74, 6) is -1.77. The molecule has 1 rings (SSSR count). The molecule has 4 heteroatoms. The highest BCUT2D eigenvalue weighted by Crippen LogP contribution is 2.29. The summed E-state index contributed by atoms with van der Waals surface area (Å²) in [6.45, 7) is 5.83. The van der Waals surface area contributed by atoms with E-state index in [-0.39, 0.29) is 10.5 Å². The lowest BCUT2D eigenvalue weighted by atomic mass is 9.99. The monoisotopic (exact) mass is 289 g/mol. The number of benzene rings is 1. The molecule has 16 heavy (non-hydrogen) atoms. The topological polar surface area (TPSA) is 26.0 Å². The van der Waals surface area contributed by atoms with Gasteiger partial charge in [-0.2, -0.15) is 0 Å². The van der Waals surface area contributed by atoms with Crippen molar-refractivity contribution in [2.75, 3.05) is 0 Å². The molecule has 1 atom stereocenters. The van der Waals surface area contributed by atoms with Gasteiger partial charge < -0.3 is 5.73 Å². The van der Waals surface area contributed by atoms with Crippen molar-refractivity contribution in [1.82, 2.24) is 0 Å². The Morgan fingerprint density at radius 2 is 2.12 bits per heavy atom. The second kappa shape index (κ2) is 5.55. The summed E-state index contributed by atoms with van der Waals surface area (Å²) in [6, 6.07) is 2.22. The molecule has 0 amide bonds. The van der Waals surface area contributed by atoms with Crippen molar-refractivity contribution in [3.63, 3.8) is 0 Å². The van der Waals surface area contributed by atoms with Gasteiger partial charge >= 0.3 is 0 Å². The molecule has 0 bridgehead atoms. The number of hydrogen-bond donors (Lipinski definition) is 1. The minimum atomic E-state index is -0.893. The molecular weight excluding hydrogens is 276 g/mol. The standard InChI is InChI=1S/C12H14BrF2N/c1-3-7(2)6-10(16)8-4-5-9(14)12(15)11(8)13/h4-5,10H,2-3,6,16H2,1H3. The second-order valence-corrected chi connectivity index (χ2v) is 4.47. The SMILES string of the molecule is C=C(CC)CC(N)c1ccc(F)c(F)c1Br. The summed E-state index contributed by atoms with van der Waals surface area (Å²) in [7, 11) is 0. The minimum Gasteiger partial charge on any atom is -0.324 e. The molecule has 0 fully saturated rings. The first-order valence-electron chi connectivity index (χ1n) is 5.03. The maximum Gasteiger partial charge on any atom is 0.173 e. The molecule has 1 aromatic carbocycles. The molecule has 1 aromatic rings. The van der Waals surface area contributed by atoms with E-state index in [0.717, 1.165) is 18.1 Å². The third-order valence-electron chi connectivity index (χ3n) is 2.47. The molecule has 88 valence electrons. The van der Waals surface area contributed by atoms with Gasteiger partial charge in [-0.05, 0) is 40.4 Å². The molecule has 0 aromatic heterocycles. The van der Waals surface area contributed by atoms with Crippen molar-refractivity contribution in [3.05, 3.63) is 46.0 Å². The average molecular weight is 290 g/mol. The van der Waals surface area contributed by atoms with Crippen LogP contribution in [-0.2, 0) is 0 Å². The van der Waals surface area contributed by atoms with Crippen LogP contribution >= 0.6 is 15.9 Å². The van der Waals surface area contributed by atoms with Crippen molar-refractivity contribution < 1.29 is 8.78 Å². The van der Waals surface area contributed by atoms with E-state index in [9.17, 15) is 8.78 Å². The first kappa shape index (κ1) is 13.3. The Balaban J connectivity index is 2.96. The lowest BCUT2D eigenvalue weighted by Crippen LogP contribution is -2.12. The summed E-state index contributed by atoms with van der Waals surface area (Å²) in [6.07, 6.45) is 1.40. The van der Waals surface area contributed by atoms with Crippen LogP contribution in [0.5, 0.6) is 0 Å². The van der Waals surface area contributed by atoms with Crippen molar-refractivity contribution in [3.8, 4) is 0 Å². The lowest BCUT2D eigenvalue weighted by Gasteiger charge is -2.15. The van der Waals surface area contributed by atoms with Crippen LogP contribution < -0.4 is 5.73 Å². The van der Waals surface area contributed by atoms with Crippen LogP contribution in [0.1, 0.15) is 31.4 Å². The minimum absolute atomic E-state index is 0.101. The molecule has 1 unspecified atom stereocenters. The molecule has 0 aliphatic carbocycles. The van der Waals surface area contributed by atoms with E-state index in [1.807, 2.05) is 6.92 Å². The van der Waals surface area contributed by atoms with E-state index in [1.165, 1.54) is 6.07 Å². The Morgan fingerprint density at radius 1 is 1.50 bits per heavy atom. The molecule has 0 heterocycles. The Labute approximate surface area is 102 Å². The maximum atomic E-state index is 13.3. The Kier molecular flexibility index (Phi) is 4.62. The van der Waals surface area contributed by atoms with Crippen LogP contribution in [0.3, 0.4) is 0 Å². The number of rotatable bonds is 4. The normalized spacial score (nSPS) is 12.6. The smallest absolute Gasteiger partial charge is 0.173 e. The van der Waals surface area contributed by atoms with Crippen molar-refractivity contribution in [2.24, 2.45) is 5.73 Å². The van der Waals surface area contributed by atoms with E-state index in [1.54, 1.807) is 0 Å². The highest BCUT2D eigenvalue weighted by Gasteiger charge is 2.16. The van der Waals surface area contributed by atoms with Crippen LogP contribution in [0.25, 0.3) is 0 Å². The Bertz CT molecular complexity index is 404. The second-order valence-electron chi connectivity index (χ2n) is 3.68. The molecule has 0 spiro atoms. The van der Waals surface area contributed by atoms with Crippen molar-refractivity contribution >= 4 is 15.9 Å². The fourth-order valence-electron chi connectivity index (χ4n) is 1.39. The average Bonchev–Trinajstić information content (AvgIpc) is 2.25. The highest BCUT2D eigenvalue weighted by atomic mass is 79.9. The van der Waals surface area contributed by atoms with Gasteiger partial charge in [-0.3, -0.25) is 0 Å². The van der Waals surface area contributed by atoms with E-state index in [2.05, 4.69) is 22.5 Å². The first-order chi connectivity index (χ1) is 7.47. The van der Waals surface area contributed by atoms with Gasteiger partial charge in [0, 0.05) is 6.04 Å². The van der Waals surface area contributed by atoms with E-state index < -0.39 is 11.6 Å². The zero-order valence-electron chi connectivity index (χ0n) is 9.06. The largest absolute Gasteiger partial charge is 0.324 e. The van der Waals surface area contributed by atoms with Gasteiger partial charge in [0.2, 0.25) is 0 Å². The molecular formula is C12H14BrF2N. The quantitative estimate of drug-likeness (QED) is 0.656. The number of nitrogens with two attached hydrogens (primary N) is 1. The number of halogens is 3. The van der Waals surface area contributed by atoms with Crippen LogP contribution in [0.2, 0.25) is 0 Å². The maximum absolute atomic E-state index is 13.3. The summed E-state index contributed by atoms with van der Waals surface area (Å²) in [5, 5.41) is 0. The summed E-state index contributed by atoms with van der Waals surface area (Å²) >= 11 is 3.02. The molecule has 0 saturated heterocycles. The Morgan fingerprint density at radius 3 is 2.69 bits per heavy atom. The van der Waals surface area contributed by atoms with Crippen LogP contribution in [0.4, 0.5) is 8.78 Å². The summed E-state index contributed by atoms with van der Waals surface area (Å²) in [5.41, 5.74) is 7.46. The molecule has 2 N–H and O–H groups in total. The highest BCUT2D eigenvalue weighted by molar-refractivity contribution is 9.10. The van der Waals surface area contributed by atoms with Gasteiger partial charge in [0.15, 0.2) is 11.6 Å². The van der Waals surface area contributed by atoms with Gasteiger partial charge in [0.1, 0.15) is 0 Å². The van der Waals surface area contributed by atoms with E-state index in [0.29, 0.717) is 12.0 Å². The summed E-state index contributed by atoms with van der Waals surface area (Å²) in [4.78, 5) is 0. The fourth-order valence-corrected chi connectivity index (χ4v) is 2.01. The van der Waals surface area contributed by atoms with Gasteiger partial charge in [0.25, 0.3) is 0 Å². The molecule has 0 aliphatic heterocycles. The molecule has 0 aliphatic rings. The molecule has 0 radical (unpaired) electrons. The van der Waals surface area contributed by atoms with E-state index >= 15 is 0 Å². The third-order valence-corrected chi connectivity index (χ3v) is 3.28.